The van der Waals surface area contributed by atoms with Gasteiger partial charge in [0, 0.05) is 37.5 Å². The molecule has 42 heavy (non-hydrogen) atoms. The smallest absolute Gasteiger partial charge is 0.0637 e. The fourth-order valence-electron chi connectivity index (χ4n) is 7.80. The molecule has 1 atom stereocenters. The first-order chi connectivity index (χ1) is 20.5. The summed E-state index contributed by atoms with van der Waals surface area (Å²) in [5.41, 5.74) is 13.8. The molecule has 9 rings (SSSR count). The van der Waals surface area contributed by atoms with Crippen LogP contribution in [0.4, 0.5) is 0 Å². The van der Waals surface area contributed by atoms with Crippen LogP contribution >= 0.6 is 11.3 Å². The van der Waals surface area contributed by atoms with Gasteiger partial charge in [0.25, 0.3) is 0 Å². The van der Waals surface area contributed by atoms with Crippen LogP contribution < -0.4 is 0 Å². The van der Waals surface area contributed by atoms with Crippen molar-refractivity contribution in [3.63, 3.8) is 0 Å². The molecule has 0 amide bonds. The van der Waals surface area contributed by atoms with Crippen LogP contribution in [-0.4, -0.2) is 4.57 Å². The maximum atomic E-state index is 2.62. The number of hydrogen-bond acceptors (Lipinski definition) is 1. The van der Waals surface area contributed by atoms with Crippen molar-refractivity contribution >= 4 is 54.1 Å². The highest BCUT2D eigenvalue weighted by molar-refractivity contribution is 7.26. The molecule has 2 heterocycles. The van der Waals surface area contributed by atoms with Crippen molar-refractivity contribution in [1.82, 2.24) is 4.57 Å². The Labute approximate surface area is 250 Å². The molecule has 0 fully saturated rings. The third-order valence-electron chi connectivity index (χ3n) is 9.87. The van der Waals surface area contributed by atoms with Crippen molar-refractivity contribution in [2.75, 3.05) is 0 Å². The van der Waals surface area contributed by atoms with Gasteiger partial charge in [-0.25, -0.2) is 0 Å². The van der Waals surface area contributed by atoms with Crippen molar-refractivity contribution < 1.29 is 0 Å². The number of allylic oxidation sites excluding steroid dienone is 1. The Kier molecular flexibility index (Phi) is 4.94. The SMILES string of the molecule is CC1Cc2c(c3cc4c(cc3n2-c2cccc3c2sc2ccccc23)C(C)(C)c2ccccc2-4)C=C1c1ccccc1. The number of nitrogens with zero attached hydrogens (tertiary/aromatic N) is 1. The summed E-state index contributed by atoms with van der Waals surface area (Å²) in [5, 5.41) is 4.05. The first-order valence-electron chi connectivity index (χ1n) is 15.0. The van der Waals surface area contributed by atoms with E-state index in [9.17, 15) is 0 Å². The van der Waals surface area contributed by atoms with Gasteiger partial charge >= 0.3 is 0 Å². The highest BCUT2D eigenvalue weighted by Gasteiger charge is 2.37. The van der Waals surface area contributed by atoms with Gasteiger partial charge in [-0.3, -0.25) is 0 Å². The normalized spacial score (nSPS) is 16.9. The molecule has 1 unspecified atom stereocenters. The minimum Gasteiger partial charge on any atom is -0.311 e. The standard InChI is InChI=1S/C40H31NS/c1-24-20-36-31(21-29(24)25-12-5-4-6-13-25)32-22-30-26-14-7-9-17-33(26)40(2,3)34(30)23-37(32)41(36)35-18-11-16-28-27-15-8-10-19-38(27)42-39(28)35/h4-19,21-24H,20H2,1-3H3. The van der Waals surface area contributed by atoms with E-state index in [4.69, 9.17) is 0 Å². The first-order valence-corrected chi connectivity index (χ1v) is 15.8. The van der Waals surface area contributed by atoms with Crippen molar-refractivity contribution in [1.29, 1.82) is 0 Å². The number of aromatic nitrogens is 1. The van der Waals surface area contributed by atoms with E-state index in [-0.39, 0.29) is 5.41 Å². The van der Waals surface area contributed by atoms with Gasteiger partial charge in [-0.2, -0.15) is 0 Å². The Bertz CT molecular complexity index is 2260. The highest BCUT2D eigenvalue weighted by Crippen LogP contribution is 2.52. The largest absolute Gasteiger partial charge is 0.311 e. The zero-order valence-corrected chi connectivity index (χ0v) is 24.9. The molecule has 0 saturated heterocycles. The third kappa shape index (κ3) is 3.19. The molecule has 2 aliphatic rings. The molecular weight excluding hydrogens is 527 g/mol. The Morgan fingerprint density at radius 1 is 0.714 bits per heavy atom. The third-order valence-corrected chi connectivity index (χ3v) is 11.1. The minimum atomic E-state index is -0.0440. The van der Waals surface area contributed by atoms with Gasteiger partial charge in [0.2, 0.25) is 0 Å². The molecule has 0 aliphatic heterocycles. The maximum Gasteiger partial charge on any atom is 0.0637 e. The summed E-state index contributed by atoms with van der Waals surface area (Å²) in [6, 6.07) is 40.7. The van der Waals surface area contributed by atoms with Gasteiger partial charge in [0.05, 0.1) is 15.9 Å². The van der Waals surface area contributed by atoms with Crippen LogP contribution in [0.25, 0.3) is 59.5 Å². The Hall–Kier alpha value is -4.40. The summed E-state index contributed by atoms with van der Waals surface area (Å²) in [6.07, 6.45) is 3.51. The van der Waals surface area contributed by atoms with E-state index < -0.39 is 0 Å². The van der Waals surface area contributed by atoms with E-state index in [1.54, 1.807) is 0 Å². The molecule has 0 spiro atoms. The summed E-state index contributed by atoms with van der Waals surface area (Å²) in [4.78, 5) is 0. The summed E-state index contributed by atoms with van der Waals surface area (Å²) in [7, 11) is 0. The fourth-order valence-corrected chi connectivity index (χ4v) is 9.01. The zero-order valence-electron chi connectivity index (χ0n) is 24.1. The fraction of sp³-hybridized carbons (Fsp3) is 0.150. The second-order valence-corrected chi connectivity index (χ2v) is 13.7. The minimum absolute atomic E-state index is 0.0440. The lowest BCUT2D eigenvalue weighted by Gasteiger charge is -2.24. The number of benzene rings is 5. The summed E-state index contributed by atoms with van der Waals surface area (Å²) in [5.74, 6) is 0.425. The number of fused-ring (bicyclic) bond motifs is 9. The van der Waals surface area contributed by atoms with Crippen LogP contribution in [0.1, 0.15) is 48.7 Å². The summed E-state index contributed by atoms with van der Waals surface area (Å²) >= 11 is 1.92. The topological polar surface area (TPSA) is 4.93 Å². The van der Waals surface area contributed by atoms with Gasteiger partial charge in [-0.1, -0.05) is 106 Å². The Balaban J connectivity index is 1.41. The Morgan fingerprint density at radius 2 is 1.48 bits per heavy atom. The van der Waals surface area contributed by atoms with Crippen LogP contribution in [0, 0.1) is 5.92 Å². The van der Waals surface area contributed by atoms with E-state index in [0.29, 0.717) is 5.92 Å². The summed E-state index contributed by atoms with van der Waals surface area (Å²) < 4.78 is 5.34. The maximum absolute atomic E-state index is 2.62. The molecule has 0 N–H and O–H groups in total. The monoisotopic (exact) mass is 557 g/mol. The van der Waals surface area contributed by atoms with Gasteiger partial charge in [-0.15, -0.1) is 11.3 Å². The Morgan fingerprint density at radius 3 is 2.36 bits per heavy atom. The van der Waals surface area contributed by atoms with Gasteiger partial charge < -0.3 is 4.57 Å². The van der Waals surface area contributed by atoms with Crippen LogP contribution in [-0.2, 0) is 11.8 Å². The predicted octanol–water partition coefficient (Wildman–Crippen LogP) is 11.0. The van der Waals surface area contributed by atoms with E-state index in [1.807, 2.05) is 11.3 Å². The first kappa shape index (κ1) is 24.2. The molecule has 2 heteroatoms. The van der Waals surface area contributed by atoms with Gasteiger partial charge in [0.15, 0.2) is 0 Å². The van der Waals surface area contributed by atoms with Gasteiger partial charge in [-0.05, 0) is 76.1 Å². The molecule has 1 nitrogen and oxygen atoms in total. The second-order valence-electron chi connectivity index (χ2n) is 12.6. The lowest BCUT2D eigenvalue weighted by molar-refractivity contribution is 0.660. The quantitative estimate of drug-likeness (QED) is 0.199. The lowest BCUT2D eigenvalue weighted by atomic mass is 9.82. The number of thiophene rings is 1. The average Bonchev–Trinajstić information content (AvgIpc) is 3.62. The van der Waals surface area contributed by atoms with Crippen LogP contribution in [0.15, 0.2) is 109 Å². The summed E-state index contributed by atoms with van der Waals surface area (Å²) in [6.45, 7) is 7.17. The van der Waals surface area contributed by atoms with E-state index >= 15 is 0 Å². The molecule has 2 aromatic heterocycles. The van der Waals surface area contributed by atoms with E-state index in [0.717, 1.165) is 6.42 Å². The van der Waals surface area contributed by atoms with Crippen LogP contribution in [0.2, 0.25) is 0 Å². The van der Waals surface area contributed by atoms with Crippen molar-refractivity contribution in [3.05, 3.63) is 137 Å². The van der Waals surface area contributed by atoms with E-state index in [1.165, 1.54) is 81.4 Å². The molecule has 7 aromatic rings. The van der Waals surface area contributed by atoms with Crippen LogP contribution in [0.3, 0.4) is 0 Å². The zero-order chi connectivity index (χ0) is 28.2. The van der Waals surface area contributed by atoms with Crippen LogP contribution in [0.5, 0.6) is 0 Å². The lowest BCUT2D eigenvalue weighted by Crippen LogP contribution is -2.15. The molecule has 202 valence electrons. The van der Waals surface area contributed by atoms with Crippen molar-refractivity contribution in [3.8, 4) is 16.8 Å². The molecule has 5 aromatic carbocycles. The molecule has 2 aliphatic carbocycles. The number of rotatable bonds is 2. The van der Waals surface area contributed by atoms with E-state index in [2.05, 4.69) is 141 Å². The molecule has 0 saturated carbocycles. The average molecular weight is 558 g/mol. The highest BCUT2D eigenvalue weighted by atomic mass is 32.1. The molecule has 0 radical (unpaired) electrons. The van der Waals surface area contributed by atoms with Crippen molar-refractivity contribution in [2.24, 2.45) is 5.92 Å². The number of hydrogen-bond donors (Lipinski definition) is 0. The van der Waals surface area contributed by atoms with Crippen molar-refractivity contribution in [2.45, 2.75) is 32.6 Å². The second kappa shape index (κ2) is 8.56. The molecular formula is C40H31NS. The molecule has 0 bridgehead atoms. The van der Waals surface area contributed by atoms with Gasteiger partial charge in [0.1, 0.15) is 0 Å². The predicted molar refractivity (Wildman–Crippen MR) is 181 cm³/mol.